The van der Waals surface area contributed by atoms with Gasteiger partial charge in [-0.3, -0.25) is 14.4 Å². The van der Waals surface area contributed by atoms with E-state index in [1.807, 2.05) is 31.2 Å². The van der Waals surface area contributed by atoms with Gasteiger partial charge in [-0.05, 0) is 19.1 Å². The Balaban J connectivity index is 2.33. The van der Waals surface area contributed by atoms with Crippen LogP contribution in [0, 0.1) is 6.92 Å². The lowest BCUT2D eigenvalue weighted by Crippen LogP contribution is -3.11. The molecule has 3 N–H and O–H groups in total. The molecule has 0 spiro atoms. The molecular formula is C16H25N4O3+. The van der Waals surface area contributed by atoms with Gasteiger partial charge in [0.25, 0.3) is 11.8 Å². The molecule has 1 rings (SSSR count). The average Bonchev–Trinajstić information content (AvgIpc) is 2.46. The standard InChI is InChI=1S/C16H24N4O3/c1-12-5-7-13(8-6-12)18-15(22)11-20(4)10-14(21)17-9-16(23)19(2)3/h5-8H,9-11H2,1-4H3,(H,17,21)(H,18,22)/p+1. The van der Waals surface area contributed by atoms with Gasteiger partial charge in [-0.1, -0.05) is 17.7 Å². The molecule has 23 heavy (non-hydrogen) atoms. The second kappa shape index (κ2) is 8.89. The van der Waals surface area contributed by atoms with Gasteiger partial charge in [-0.2, -0.15) is 0 Å². The Labute approximate surface area is 136 Å². The van der Waals surface area contributed by atoms with Gasteiger partial charge in [0.05, 0.1) is 13.6 Å². The molecule has 1 aromatic rings. The molecule has 3 amide bonds. The van der Waals surface area contributed by atoms with Gasteiger partial charge < -0.3 is 20.4 Å². The van der Waals surface area contributed by atoms with Crippen molar-refractivity contribution in [3.05, 3.63) is 29.8 Å². The number of hydrogen-bond acceptors (Lipinski definition) is 3. The maximum absolute atomic E-state index is 11.9. The molecule has 7 nitrogen and oxygen atoms in total. The number of carbonyl (C=O) groups excluding carboxylic acids is 3. The molecular weight excluding hydrogens is 296 g/mol. The third-order valence-electron chi connectivity index (χ3n) is 3.20. The van der Waals surface area contributed by atoms with E-state index in [0.717, 1.165) is 16.2 Å². The summed E-state index contributed by atoms with van der Waals surface area (Å²) in [6, 6.07) is 7.51. The van der Waals surface area contributed by atoms with E-state index >= 15 is 0 Å². The van der Waals surface area contributed by atoms with E-state index in [4.69, 9.17) is 0 Å². The first-order valence-corrected chi connectivity index (χ1v) is 7.42. The molecule has 1 unspecified atom stereocenters. The first-order valence-electron chi connectivity index (χ1n) is 7.42. The summed E-state index contributed by atoms with van der Waals surface area (Å²) in [6.45, 7) is 2.24. The van der Waals surface area contributed by atoms with E-state index < -0.39 is 0 Å². The average molecular weight is 321 g/mol. The first kappa shape index (κ1) is 18.6. The highest BCUT2D eigenvalue weighted by Gasteiger charge is 2.15. The van der Waals surface area contributed by atoms with Crippen molar-refractivity contribution in [2.45, 2.75) is 6.92 Å². The first-order chi connectivity index (χ1) is 10.8. The van der Waals surface area contributed by atoms with E-state index in [9.17, 15) is 14.4 Å². The zero-order chi connectivity index (χ0) is 17.4. The second-order valence-electron chi connectivity index (χ2n) is 5.79. The Bertz CT molecular complexity index is 555. The van der Waals surface area contributed by atoms with Crippen molar-refractivity contribution in [1.29, 1.82) is 0 Å². The monoisotopic (exact) mass is 321 g/mol. The molecule has 0 heterocycles. The number of amides is 3. The van der Waals surface area contributed by atoms with Gasteiger partial charge in [0.1, 0.15) is 0 Å². The van der Waals surface area contributed by atoms with Crippen molar-refractivity contribution >= 4 is 23.4 Å². The van der Waals surface area contributed by atoms with E-state index in [1.54, 1.807) is 21.1 Å². The van der Waals surface area contributed by atoms with Gasteiger partial charge >= 0.3 is 0 Å². The van der Waals surface area contributed by atoms with Crippen LogP contribution in [0.5, 0.6) is 0 Å². The normalized spacial score (nSPS) is 11.5. The Kier molecular flexibility index (Phi) is 7.21. The summed E-state index contributed by atoms with van der Waals surface area (Å²) < 4.78 is 0. The lowest BCUT2D eigenvalue weighted by Gasteiger charge is -2.14. The van der Waals surface area contributed by atoms with Crippen LogP contribution in [0.1, 0.15) is 5.56 Å². The largest absolute Gasteiger partial charge is 0.347 e. The fourth-order valence-corrected chi connectivity index (χ4v) is 1.85. The number of carbonyl (C=O) groups is 3. The number of quaternary nitrogens is 1. The third-order valence-corrected chi connectivity index (χ3v) is 3.20. The molecule has 0 aliphatic heterocycles. The predicted molar refractivity (Wildman–Crippen MR) is 88.1 cm³/mol. The molecule has 7 heteroatoms. The highest BCUT2D eigenvalue weighted by Crippen LogP contribution is 2.07. The fourth-order valence-electron chi connectivity index (χ4n) is 1.85. The molecule has 0 aromatic heterocycles. The summed E-state index contributed by atoms with van der Waals surface area (Å²) in [7, 11) is 5.00. The molecule has 126 valence electrons. The molecule has 0 bridgehead atoms. The Morgan fingerprint density at radius 3 is 2.17 bits per heavy atom. The van der Waals surface area contributed by atoms with Gasteiger partial charge in [0, 0.05) is 19.8 Å². The SMILES string of the molecule is Cc1ccc(NC(=O)C[NH+](C)CC(=O)NCC(=O)N(C)C)cc1. The number of anilines is 1. The van der Waals surface area contributed by atoms with Crippen LogP contribution in [0.15, 0.2) is 24.3 Å². The maximum Gasteiger partial charge on any atom is 0.279 e. The number of hydrogen-bond donors (Lipinski definition) is 3. The van der Waals surface area contributed by atoms with Crippen molar-refractivity contribution in [2.24, 2.45) is 0 Å². The number of nitrogens with zero attached hydrogens (tertiary/aromatic N) is 1. The van der Waals surface area contributed by atoms with E-state index in [0.29, 0.717) is 0 Å². The van der Waals surface area contributed by atoms with Gasteiger partial charge in [-0.25, -0.2) is 0 Å². The van der Waals surface area contributed by atoms with Gasteiger partial charge in [0.15, 0.2) is 13.1 Å². The van der Waals surface area contributed by atoms with Crippen LogP contribution in [-0.2, 0) is 14.4 Å². The quantitative estimate of drug-likeness (QED) is 0.581. The minimum atomic E-state index is -0.263. The van der Waals surface area contributed by atoms with Crippen LogP contribution < -0.4 is 15.5 Å². The third kappa shape index (κ3) is 7.42. The van der Waals surface area contributed by atoms with Crippen LogP contribution in [0.2, 0.25) is 0 Å². The smallest absolute Gasteiger partial charge is 0.279 e. The molecule has 0 saturated heterocycles. The van der Waals surface area contributed by atoms with Crippen LogP contribution in [0.4, 0.5) is 5.69 Å². The Morgan fingerprint density at radius 2 is 1.61 bits per heavy atom. The molecule has 0 saturated carbocycles. The van der Waals surface area contributed by atoms with Crippen LogP contribution >= 0.6 is 0 Å². The van der Waals surface area contributed by atoms with Crippen molar-refractivity contribution < 1.29 is 19.3 Å². The summed E-state index contributed by atoms with van der Waals surface area (Å²) in [6.07, 6.45) is 0. The van der Waals surface area contributed by atoms with E-state index in [2.05, 4.69) is 10.6 Å². The molecule has 0 radical (unpaired) electrons. The second-order valence-corrected chi connectivity index (χ2v) is 5.79. The highest BCUT2D eigenvalue weighted by molar-refractivity contribution is 5.91. The van der Waals surface area contributed by atoms with Crippen molar-refractivity contribution in [1.82, 2.24) is 10.2 Å². The summed E-state index contributed by atoms with van der Waals surface area (Å²) in [5, 5.41) is 5.33. The molecule has 0 fully saturated rings. The van der Waals surface area contributed by atoms with Gasteiger partial charge in [-0.15, -0.1) is 0 Å². The zero-order valence-electron chi connectivity index (χ0n) is 14.1. The van der Waals surface area contributed by atoms with Crippen molar-refractivity contribution in [3.8, 4) is 0 Å². The minimum Gasteiger partial charge on any atom is -0.347 e. The van der Waals surface area contributed by atoms with Crippen molar-refractivity contribution in [3.63, 3.8) is 0 Å². The summed E-state index contributed by atoms with van der Waals surface area (Å²) in [5.41, 5.74) is 1.85. The van der Waals surface area contributed by atoms with Crippen LogP contribution in [-0.4, -0.2) is 63.4 Å². The predicted octanol–water partition coefficient (Wildman–Crippen LogP) is -1.35. The van der Waals surface area contributed by atoms with E-state index in [1.165, 1.54) is 4.90 Å². The lowest BCUT2D eigenvalue weighted by atomic mass is 10.2. The Hall–Kier alpha value is -2.41. The van der Waals surface area contributed by atoms with Crippen LogP contribution in [0.3, 0.4) is 0 Å². The minimum absolute atomic E-state index is 0.0331. The summed E-state index contributed by atoms with van der Waals surface area (Å²) in [5.74, 6) is -0.600. The summed E-state index contributed by atoms with van der Waals surface area (Å²) >= 11 is 0. The topological polar surface area (TPSA) is 83.0 Å². The Morgan fingerprint density at radius 1 is 1.04 bits per heavy atom. The zero-order valence-corrected chi connectivity index (χ0v) is 14.1. The number of nitrogens with one attached hydrogen (secondary N) is 3. The fraction of sp³-hybridized carbons (Fsp3) is 0.438. The van der Waals surface area contributed by atoms with Crippen molar-refractivity contribution in [2.75, 3.05) is 46.1 Å². The molecule has 0 aliphatic rings. The van der Waals surface area contributed by atoms with Crippen LogP contribution in [0.25, 0.3) is 0 Å². The number of rotatable bonds is 7. The maximum atomic E-state index is 11.9. The van der Waals surface area contributed by atoms with Gasteiger partial charge in [0.2, 0.25) is 5.91 Å². The summed E-state index contributed by atoms with van der Waals surface area (Å²) in [4.78, 5) is 37.2. The molecule has 1 atom stereocenters. The number of benzene rings is 1. The lowest BCUT2D eigenvalue weighted by molar-refractivity contribution is -0.862. The molecule has 0 aliphatic carbocycles. The highest BCUT2D eigenvalue weighted by atomic mass is 16.2. The molecule has 1 aromatic carbocycles. The van der Waals surface area contributed by atoms with E-state index in [-0.39, 0.29) is 37.4 Å². The number of aryl methyl sites for hydroxylation is 1. The number of likely N-dealkylation sites (N-methyl/N-ethyl adjacent to an activating group) is 2.